The van der Waals surface area contributed by atoms with Crippen LogP contribution in [0.2, 0.25) is 0 Å². The van der Waals surface area contributed by atoms with Crippen molar-refractivity contribution < 1.29 is 43.0 Å². The van der Waals surface area contributed by atoms with E-state index in [1.807, 2.05) is 0 Å². The third kappa shape index (κ3) is 51.8. The lowest BCUT2D eigenvalue weighted by Gasteiger charge is -2.20. The Morgan fingerprint density at radius 2 is 0.818 bits per heavy atom. The molecule has 3 atom stereocenters. The maximum Gasteiger partial charge on any atom is 0.472 e. The lowest BCUT2D eigenvalue weighted by Crippen LogP contribution is -2.29. The number of aliphatic hydroxyl groups excluding tert-OH is 2. The Morgan fingerprint density at radius 3 is 1.24 bits per heavy atom. The first-order valence-corrected chi connectivity index (χ1v) is 29.1. The molecule has 9 nitrogen and oxygen atoms in total. The summed E-state index contributed by atoms with van der Waals surface area (Å²) in [5, 5.41) is 18.4. The van der Waals surface area contributed by atoms with Crippen molar-refractivity contribution >= 4 is 13.8 Å². The van der Waals surface area contributed by atoms with E-state index in [1.54, 1.807) is 0 Å². The lowest BCUT2D eigenvalue weighted by molar-refractivity contribution is -0.154. The van der Waals surface area contributed by atoms with Crippen molar-refractivity contribution in [3.05, 3.63) is 48.6 Å². The van der Waals surface area contributed by atoms with Crippen LogP contribution in [0.1, 0.15) is 258 Å². The minimum absolute atomic E-state index is 0.0427. The van der Waals surface area contributed by atoms with Gasteiger partial charge in [-0.2, -0.15) is 0 Å². The molecule has 0 heterocycles. The Kier molecular flexibility index (Phi) is 51.5. The van der Waals surface area contributed by atoms with E-state index < -0.39 is 33.2 Å². The predicted molar refractivity (Wildman–Crippen MR) is 279 cm³/mol. The van der Waals surface area contributed by atoms with Gasteiger partial charge in [0.25, 0.3) is 0 Å². The molecule has 0 spiro atoms. The zero-order chi connectivity index (χ0) is 48.1. The summed E-state index contributed by atoms with van der Waals surface area (Å²) in [5.41, 5.74) is 0. The van der Waals surface area contributed by atoms with Crippen LogP contribution in [0.5, 0.6) is 0 Å². The smallest absolute Gasteiger partial charge is 0.457 e. The van der Waals surface area contributed by atoms with Crippen LogP contribution in [-0.4, -0.2) is 66.3 Å². The number of phosphoric ester groups is 1. The number of allylic oxidation sites excluding steroid dienone is 8. The third-order valence-corrected chi connectivity index (χ3v) is 12.9. The van der Waals surface area contributed by atoms with Crippen molar-refractivity contribution in [2.45, 2.75) is 270 Å². The molecule has 0 aliphatic rings. The maximum absolute atomic E-state index is 12.7. The fourth-order valence-electron chi connectivity index (χ4n) is 7.77. The van der Waals surface area contributed by atoms with E-state index in [9.17, 15) is 19.4 Å². The summed E-state index contributed by atoms with van der Waals surface area (Å²) in [6, 6.07) is 0. The van der Waals surface area contributed by atoms with Crippen LogP contribution in [0.3, 0.4) is 0 Å². The molecule has 0 aromatic carbocycles. The molecule has 66 heavy (non-hydrogen) atoms. The van der Waals surface area contributed by atoms with Crippen molar-refractivity contribution in [2.75, 3.05) is 33.0 Å². The second kappa shape index (κ2) is 52.8. The van der Waals surface area contributed by atoms with Crippen LogP contribution in [0.4, 0.5) is 0 Å². The second-order valence-corrected chi connectivity index (χ2v) is 20.1. The van der Waals surface area contributed by atoms with Crippen LogP contribution in [0.25, 0.3) is 0 Å². The average molecular weight is 953 g/mol. The molecular formula is C56H105O9P. The van der Waals surface area contributed by atoms with Gasteiger partial charge >= 0.3 is 13.8 Å². The van der Waals surface area contributed by atoms with Gasteiger partial charge in [0, 0.05) is 13.0 Å². The molecule has 388 valence electrons. The van der Waals surface area contributed by atoms with Crippen LogP contribution in [-0.2, 0) is 27.9 Å². The molecule has 0 aromatic rings. The number of carbonyl (C=O) groups excluding carboxylic acids is 1. The third-order valence-electron chi connectivity index (χ3n) is 12.0. The molecule has 0 aromatic heterocycles. The van der Waals surface area contributed by atoms with E-state index in [1.165, 1.54) is 180 Å². The van der Waals surface area contributed by atoms with Gasteiger partial charge in [0.1, 0.15) is 12.2 Å². The first kappa shape index (κ1) is 64.4. The number of ether oxygens (including phenoxy) is 2. The van der Waals surface area contributed by atoms with Gasteiger partial charge in [0.2, 0.25) is 0 Å². The highest BCUT2D eigenvalue weighted by Crippen LogP contribution is 2.43. The summed E-state index contributed by atoms with van der Waals surface area (Å²) in [6.07, 6.45) is 62.3. The molecular weight excluding hydrogens is 848 g/mol. The van der Waals surface area contributed by atoms with Gasteiger partial charge in [0.05, 0.1) is 26.4 Å². The fourth-order valence-corrected chi connectivity index (χ4v) is 8.56. The van der Waals surface area contributed by atoms with Gasteiger partial charge in [0.15, 0.2) is 0 Å². The summed E-state index contributed by atoms with van der Waals surface area (Å²) < 4.78 is 33.6. The van der Waals surface area contributed by atoms with Crippen LogP contribution < -0.4 is 0 Å². The summed E-state index contributed by atoms with van der Waals surface area (Å²) >= 11 is 0. The fraction of sp³-hybridized carbons (Fsp3) is 0.839. The quantitative estimate of drug-likeness (QED) is 0.0236. The number of esters is 1. The first-order valence-electron chi connectivity index (χ1n) is 27.6. The lowest BCUT2D eigenvalue weighted by atomic mass is 10.0. The summed E-state index contributed by atoms with van der Waals surface area (Å²) in [6.45, 7) is 3.52. The summed E-state index contributed by atoms with van der Waals surface area (Å²) in [7, 11) is -4.53. The van der Waals surface area contributed by atoms with E-state index in [0.29, 0.717) is 6.61 Å². The van der Waals surface area contributed by atoms with Crippen molar-refractivity contribution in [1.82, 2.24) is 0 Å². The molecule has 0 aliphatic heterocycles. The number of rotatable bonds is 53. The molecule has 0 saturated heterocycles. The molecule has 0 fully saturated rings. The normalized spacial score (nSPS) is 14.1. The van der Waals surface area contributed by atoms with Crippen molar-refractivity contribution in [3.63, 3.8) is 0 Å². The van der Waals surface area contributed by atoms with Crippen LogP contribution in [0.15, 0.2) is 48.6 Å². The number of phosphoric acid groups is 1. The van der Waals surface area contributed by atoms with Gasteiger partial charge < -0.3 is 24.6 Å². The zero-order valence-electron chi connectivity index (χ0n) is 42.9. The van der Waals surface area contributed by atoms with Crippen molar-refractivity contribution in [3.8, 4) is 0 Å². The Morgan fingerprint density at radius 1 is 0.470 bits per heavy atom. The highest BCUT2D eigenvalue weighted by atomic mass is 31.2. The summed E-state index contributed by atoms with van der Waals surface area (Å²) in [5.74, 6) is -0.384. The highest BCUT2D eigenvalue weighted by molar-refractivity contribution is 7.47. The first-order chi connectivity index (χ1) is 32.3. The number of carbonyl (C=O) groups is 1. The number of aliphatic hydroxyl groups is 2. The molecule has 0 amide bonds. The summed E-state index contributed by atoms with van der Waals surface area (Å²) in [4.78, 5) is 22.7. The number of hydrogen-bond donors (Lipinski definition) is 3. The SMILES string of the molecule is CCCCCCC/C=C\C/C=C\C/C=C\CCCCCCCCCOCC(COP(=O)(O)OCC(O)CO)OC(=O)CCCCCCCCCCCCC/C=C\CCCCCCCCCC. The van der Waals surface area contributed by atoms with E-state index in [2.05, 4.69) is 62.5 Å². The molecule has 0 rings (SSSR count). The van der Waals surface area contributed by atoms with Crippen molar-refractivity contribution in [1.29, 1.82) is 0 Å². The minimum atomic E-state index is -4.53. The van der Waals surface area contributed by atoms with Gasteiger partial charge in [-0.15, -0.1) is 0 Å². The van der Waals surface area contributed by atoms with Crippen LogP contribution in [0, 0.1) is 0 Å². The monoisotopic (exact) mass is 953 g/mol. The van der Waals surface area contributed by atoms with E-state index in [-0.39, 0.29) is 25.6 Å². The van der Waals surface area contributed by atoms with E-state index in [4.69, 9.17) is 23.6 Å². The Balaban J connectivity index is 4.06. The van der Waals surface area contributed by atoms with Gasteiger partial charge in [-0.3, -0.25) is 13.8 Å². The number of hydrogen-bond acceptors (Lipinski definition) is 8. The molecule has 3 N–H and O–H groups in total. The molecule has 10 heteroatoms. The van der Waals surface area contributed by atoms with Crippen molar-refractivity contribution in [2.24, 2.45) is 0 Å². The Hall–Kier alpha value is -1.58. The highest BCUT2D eigenvalue weighted by Gasteiger charge is 2.26. The minimum Gasteiger partial charge on any atom is -0.457 e. The van der Waals surface area contributed by atoms with E-state index >= 15 is 0 Å². The Labute approximate surface area is 407 Å². The molecule has 3 unspecified atom stereocenters. The van der Waals surface area contributed by atoms with Gasteiger partial charge in [-0.05, 0) is 77.0 Å². The standard InChI is InChI=1S/C56H105O9P/c1-3-5-7-9-11-13-15-17-19-21-23-25-27-28-30-32-34-36-38-40-42-44-46-48-56(59)65-55(53-64-66(60,61)63-51-54(58)50-57)52-62-49-47-45-43-41-39-37-35-33-31-29-26-24-22-20-18-16-14-12-10-8-6-4-2/h16,18,21-24,29,31,54-55,57-58H,3-15,17,19-20,25-28,30,32-53H2,1-2H3,(H,60,61)/b18-16-,23-21-,24-22-,31-29-. The van der Waals surface area contributed by atoms with Gasteiger partial charge in [-0.1, -0.05) is 223 Å². The molecule has 0 radical (unpaired) electrons. The largest absolute Gasteiger partial charge is 0.472 e. The van der Waals surface area contributed by atoms with E-state index in [0.717, 1.165) is 57.8 Å². The molecule has 0 aliphatic carbocycles. The maximum atomic E-state index is 12.7. The second-order valence-electron chi connectivity index (χ2n) is 18.6. The topological polar surface area (TPSA) is 132 Å². The molecule has 0 bridgehead atoms. The van der Waals surface area contributed by atoms with Gasteiger partial charge in [-0.25, -0.2) is 4.57 Å². The Bertz CT molecular complexity index is 1170. The number of unbranched alkanes of at least 4 members (excludes halogenated alkanes) is 31. The van der Waals surface area contributed by atoms with Crippen LogP contribution >= 0.6 is 7.82 Å². The predicted octanol–water partition coefficient (Wildman–Crippen LogP) is 16.5. The molecule has 0 saturated carbocycles. The zero-order valence-corrected chi connectivity index (χ0v) is 43.8. The average Bonchev–Trinajstić information content (AvgIpc) is 3.31.